The number of aromatic nitrogens is 1. The summed E-state index contributed by atoms with van der Waals surface area (Å²) in [5.41, 5.74) is 0.985. The molecule has 9 heteroatoms. The standard InChI is InChI=1S/C22H38N6O3/c1-5-23-21(26-19-8-12-28(13-9-19)22(29)30-4)24-14-18-6-10-27(11-7-18)15-20-25-16(2)17(3)31-20/h18-19H,5-15H2,1-4H3,(H2,23,24,26). The van der Waals surface area contributed by atoms with Crippen LogP contribution in [0.2, 0.25) is 0 Å². The fraction of sp³-hybridized carbons (Fsp3) is 0.773. The molecule has 0 spiro atoms. The molecule has 3 heterocycles. The number of ether oxygens (including phenoxy) is 1. The van der Waals surface area contributed by atoms with Crippen LogP contribution in [0.3, 0.4) is 0 Å². The number of aryl methyl sites for hydroxylation is 2. The van der Waals surface area contributed by atoms with E-state index in [1.54, 1.807) is 4.90 Å². The van der Waals surface area contributed by atoms with Crippen molar-refractivity contribution in [3.05, 3.63) is 17.3 Å². The molecule has 1 aromatic rings. The molecule has 31 heavy (non-hydrogen) atoms. The van der Waals surface area contributed by atoms with Crippen molar-refractivity contribution in [1.82, 2.24) is 25.4 Å². The van der Waals surface area contributed by atoms with E-state index in [2.05, 4.69) is 27.4 Å². The smallest absolute Gasteiger partial charge is 0.409 e. The molecule has 174 valence electrons. The number of hydrogen-bond donors (Lipinski definition) is 2. The van der Waals surface area contributed by atoms with Gasteiger partial charge in [0.15, 0.2) is 5.96 Å². The Hall–Kier alpha value is -2.29. The van der Waals surface area contributed by atoms with E-state index in [1.807, 2.05) is 13.8 Å². The lowest BCUT2D eigenvalue weighted by Gasteiger charge is -2.32. The van der Waals surface area contributed by atoms with E-state index >= 15 is 0 Å². The summed E-state index contributed by atoms with van der Waals surface area (Å²) in [7, 11) is 1.43. The number of rotatable bonds is 6. The molecule has 0 saturated carbocycles. The molecule has 2 aliphatic rings. The summed E-state index contributed by atoms with van der Waals surface area (Å²) in [6.45, 7) is 12.0. The van der Waals surface area contributed by atoms with E-state index in [9.17, 15) is 4.79 Å². The molecular weight excluding hydrogens is 396 g/mol. The summed E-state index contributed by atoms with van der Waals surface area (Å²) in [6.07, 6.45) is 3.84. The summed E-state index contributed by atoms with van der Waals surface area (Å²) >= 11 is 0. The molecule has 2 aliphatic heterocycles. The van der Waals surface area contributed by atoms with Gasteiger partial charge in [0.2, 0.25) is 5.89 Å². The third kappa shape index (κ3) is 6.85. The summed E-state index contributed by atoms with van der Waals surface area (Å²) in [5, 5.41) is 6.92. The highest BCUT2D eigenvalue weighted by molar-refractivity contribution is 5.80. The minimum atomic E-state index is -0.238. The first kappa shape index (κ1) is 23.4. The number of carbonyl (C=O) groups excluding carboxylic acids is 1. The van der Waals surface area contributed by atoms with Gasteiger partial charge in [0.05, 0.1) is 19.3 Å². The van der Waals surface area contributed by atoms with Gasteiger partial charge in [0, 0.05) is 32.2 Å². The lowest BCUT2D eigenvalue weighted by molar-refractivity contribution is 0.111. The number of carbonyl (C=O) groups is 1. The van der Waals surface area contributed by atoms with Crippen molar-refractivity contribution < 1.29 is 13.9 Å². The molecule has 2 N–H and O–H groups in total. The number of aliphatic imine (C=N–C) groups is 1. The van der Waals surface area contributed by atoms with Gasteiger partial charge in [0.1, 0.15) is 5.76 Å². The highest BCUT2D eigenvalue weighted by atomic mass is 16.5. The second-order valence-electron chi connectivity index (χ2n) is 8.56. The van der Waals surface area contributed by atoms with E-state index in [0.717, 1.165) is 81.7 Å². The van der Waals surface area contributed by atoms with Gasteiger partial charge in [-0.2, -0.15) is 0 Å². The molecule has 0 atom stereocenters. The van der Waals surface area contributed by atoms with Gasteiger partial charge in [-0.3, -0.25) is 9.89 Å². The average Bonchev–Trinajstić information content (AvgIpc) is 3.09. The minimum Gasteiger partial charge on any atom is -0.453 e. The Morgan fingerprint density at radius 3 is 2.48 bits per heavy atom. The average molecular weight is 435 g/mol. The monoisotopic (exact) mass is 434 g/mol. The lowest BCUT2D eigenvalue weighted by atomic mass is 9.97. The number of methoxy groups -OCH3 is 1. The molecule has 2 fully saturated rings. The van der Waals surface area contributed by atoms with Crippen molar-refractivity contribution in [3.63, 3.8) is 0 Å². The van der Waals surface area contributed by atoms with Crippen LogP contribution in [0.1, 0.15) is 50.0 Å². The van der Waals surface area contributed by atoms with Crippen LogP contribution in [0.15, 0.2) is 9.41 Å². The van der Waals surface area contributed by atoms with E-state index in [1.165, 1.54) is 7.11 Å². The zero-order valence-electron chi connectivity index (χ0n) is 19.4. The fourth-order valence-electron chi connectivity index (χ4n) is 4.19. The number of guanidine groups is 1. The Bertz CT molecular complexity index is 714. The highest BCUT2D eigenvalue weighted by Crippen LogP contribution is 2.20. The van der Waals surface area contributed by atoms with Gasteiger partial charge in [-0.15, -0.1) is 0 Å². The molecule has 0 aromatic carbocycles. The van der Waals surface area contributed by atoms with E-state index in [0.29, 0.717) is 25.0 Å². The Kier molecular flexibility index (Phi) is 8.57. The third-order valence-corrected chi connectivity index (χ3v) is 6.26. The van der Waals surface area contributed by atoms with Crippen LogP contribution in [-0.4, -0.2) is 79.3 Å². The number of amides is 1. The van der Waals surface area contributed by atoms with Crippen molar-refractivity contribution in [1.29, 1.82) is 0 Å². The quantitative estimate of drug-likeness (QED) is 0.524. The Morgan fingerprint density at radius 1 is 1.19 bits per heavy atom. The molecule has 3 rings (SSSR count). The van der Waals surface area contributed by atoms with Crippen molar-refractivity contribution >= 4 is 12.1 Å². The predicted molar refractivity (Wildman–Crippen MR) is 120 cm³/mol. The second kappa shape index (κ2) is 11.4. The van der Waals surface area contributed by atoms with Gasteiger partial charge in [-0.05, 0) is 65.5 Å². The van der Waals surface area contributed by atoms with Crippen LogP contribution in [0.5, 0.6) is 0 Å². The molecular formula is C22H38N6O3. The molecule has 2 saturated heterocycles. The fourth-order valence-corrected chi connectivity index (χ4v) is 4.19. The summed E-state index contributed by atoms with van der Waals surface area (Å²) in [6, 6.07) is 0.327. The summed E-state index contributed by atoms with van der Waals surface area (Å²) in [4.78, 5) is 25.2. The largest absolute Gasteiger partial charge is 0.453 e. The maximum atomic E-state index is 11.7. The molecule has 1 amide bonds. The van der Waals surface area contributed by atoms with E-state index < -0.39 is 0 Å². The van der Waals surface area contributed by atoms with Gasteiger partial charge in [0.25, 0.3) is 0 Å². The molecule has 0 aliphatic carbocycles. The Morgan fingerprint density at radius 2 is 1.90 bits per heavy atom. The van der Waals surface area contributed by atoms with Gasteiger partial charge >= 0.3 is 6.09 Å². The van der Waals surface area contributed by atoms with Crippen molar-refractivity contribution in [2.24, 2.45) is 10.9 Å². The third-order valence-electron chi connectivity index (χ3n) is 6.26. The van der Waals surface area contributed by atoms with Gasteiger partial charge < -0.3 is 24.7 Å². The van der Waals surface area contributed by atoms with E-state index in [4.69, 9.17) is 14.1 Å². The number of nitrogens with one attached hydrogen (secondary N) is 2. The number of piperidine rings is 2. The Labute approximate surface area is 185 Å². The van der Waals surface area contributed by atoms with E-state index in [-0.39, 0.29) is 6.09 Å². The molecule has 1 aromatic heterocycles. The summed E-state index contributed by atoms with van der Waals surface area (Å²) < 4.78 is 10.5. The molecule has 0 bridgehead atoms. The lowest BCUT2D eigenvalue weighted by Crippen LogP contribution is -2.50. The van der Waals surface area contributed by atoms with Gasteiger partial charge in [-0.1, -0.05) is 0 Å². The molecule has 9 nitrogen and oxygen atoms in total. The zero-order chi connectivity index (χ0) is 22.2. The summed E-state index contributed by atoms with van der Waals surface area (Å²) in [5.74, 6) is 3.22. The zero-order valence-corrected chi connectivity index (χ0v) is 19.4. The van der Waals surface area contributed by atoms with Crippen LogP contribution in [-0.2, 0) is 11.3 Å². The number of nitrogens with zero attached hydrogens (tertiary/aromatic N) is 4. The van der Waals surface area contributed by atoms with Crippen LogP contribution in [0, 0.1) is 19.8 Å². The predicted octanol–water partition coefficient (Wildman–Crippen LogP) is 2.29. The minimum absolute atomic E-state index is 0.238. The van der Waals surface area contributed by atoms with Gasteiger partial charge in [-0.25, -0.2) is 9.78 Å². The van der Waals surface area contributed by atoms with Crippen molar-refractivity contribution in [2.45, 2.75) is 59.0 Å². The highest BCUT2D eigenvalue weighted by Gasteiger charge is 2.24. The van der Waals surface area contributed by atoms with Crippen molar-refractivity contribution in [2.75, 3.05) is 46.4 Å². The number of oxazole rings is 1. The maximum Gasteiger partial charge on any atom is 0.409 e. The van der Waals surface area contributed by atoms with Crippen LogP contribution < -0.4 is 10.6 Å². The number of likely N-dealkylation sites (tertiary alicyclic amines) is 2. The van der Waals surface area contributed by atoms with Crippen LogP contribution in [0.4, 0.5) is 4.79 Å². The second-order valence-corrected chi connectivity index (χ2v) is 8.56. The first-order valence-corrected chi connectivity index (χ1v) is 11.5. The topological polar surface area (TPSA) is 95.2 Å². The number of hydrogen-bond acceptors (Lipinski definition) is 6. The maximum absolute atomic E-state index is 11.7. The first-order chi connectivity index (χ1) is 15.0. The SMILES string of the molecule is CCNC(=NCC1CCN(Cc2nc(C)c(C)o2)CC1)NC1CCN(C(=O)OC)CC1. The first-order valence-electron chi connectivity index (χ1n) is 11.5. The Balaban J connectivity index is 1.42. The van der Waals surface area contributed by atoms with Crippen molar-refractivity contribution in [3.8, 4) is 0 Å². The molecule has 0 radical (unpaired) electrons. The van der Waals surface area contributed by atoms with Crippen LogP contribution in [0.25, 0.3) is 0 Å². The molecule has 0 unspecified atom stereocenters. The van der Waals surface area contributed by atoms with Crippen LogP contribution >= 0.6 is 0 Å². The normalized spacial score (nSPS) is 19.5.